The molecule has 0 fully saturated rings. The Labute approximate surface area is 216 Å². The Balaban J connectivity index is 1.53. The average molecular weight is 521 g/mol. The van der Waals surface area contributed by atoms with E-state index in [0.29, 0.717) is 33.5 Å². The molecule has 8 heteroatoms. The van der Waals surface area contributed by atoms with E-state index < -0.39 is 10.0 Å². The van der Waals surface area contributed by atoms with Crippen molar-refractivity contribution in [1.29, 1.82) is 0 Å². The number of aryl methyl sites for hydroxylation is 1. The molecule has 0 spiro atoms. The molecule has 1 amide bonds. The molecule has 0 radical (unpaired) electrons. The first-order valence-electron chi connectivity index (χ1n) is 11.2. The van der Waals surface area contributed by atoms with Gasteiger partial charge in [0.05, 0.1) is 24.2 Å². The van der Waals surface area contributed by atoms with Gasteiger partial charge in [0.25, 0.3) is 5.91 Å². The minimum absolute atomic E-state index is 0.188. The van der Waals surface area contributed by atoms with Crippen LogP contribution in [0.1, 0.15) is 21.5 Å². The molecule has 4 aromatic carbocycles. The van der Waals surface area contributed by atoms with Crippen molar-refractivity contribution >= 4 is 38.9 Å². The highest BCUT2D eigenvalue weighted by Gasteiger charge is 2.19. The lowest BCUT2D eigenvalue weighted by atomic mass is 10.1. The van der Waals surface area contributed by atoms with Crippen LogP contribution in [0.4, 0.5) is 11.4 Å². The van der Waals surface area contributed by atoms with Crippen molar-refractivity contribution in [3.05, 3.63) is 119 Å². The van der Waals surface area contributed by atoms with Crippen LogP contribution in [0.2, 0.25) is 5.02 Å². The summed E-state index contributed by atoms with van der Waals surface area (Å²) in [5.41, 5.74) is 3.19. The zero-order chi connectivity index (χ0) is 25.7. The van der Waals surface area contributed by atoms with Gasteiger partial charge in [0.2, 0.25) is 10.0 Å². The number of ether oxygens (including phenoxy) is 1. The lowest BCUT2D eigenvalue weighted by Crippen LogP contribution is -2.29. The van der Waals surface area contributed by atoms with Gasteiger partial charge in [0, 0.05) is 10.6 Å². The molecule has 4 rings (SSSR count). The van der Waals surface area contributed by atoms with Crippen LogP contribution in [0.15, 0.2) is 97.1 Å². The van der Waals surface area contributed by atoms with Crippen LogP contribution in [-0.4, -0.2) is 20.6 Å². The van der Waals surface area contributed by atoms with Crippen LogP contribution in [0.3, 0.4) is 0 Å². The van der Waals surface area contributed by atoms with Crippen LogP contribution >= 0.6 is 11.6 Å². The molecule has 36 heavy (non-hydrogen) atoms. The molecule has 0 atom stereocenters. The van der Waals surface area contributed by atoms with Crippen LogP contribution in [0.5, 0.6) is 11.5 Å². The fourth-order valence-electron chi connectivity index (χ4n) is 3.54. The SMILES string of the molecule is Cc1ccc(CN(c2ccc(C(=O)Nc3cc(Cl)ccc3Oc3ccccc3)cc2)S(C)(=O)=O)cc1. The fraction of sp³-hybridized carbons (Fsp3) is 0.107. The lowest BCUT2D eigenvalue weighted by molar-refractivity contribution is 0.102. The Morgan fingerprint density at radius 3 is 2.22 bits per heavy atom. The molecule has 0 unspecified atom stereocenters. The van der Waals surface area contributed by atoms with Gasteiger partial charge in [0.15, 0.2) is 5.75 Å². The van der Waals surface area contributed by atoms with Gasteiger partial charge in [-0.3, -0.25) is 9.10 Å². The van der Waals surface area contributed by atoms with Crippen LogP contribution in [-0.2, 0) is 16.6 Å². The van der Waals surface area contributed by atoms with Gasteiger partial charge >= 0.3 is 0 Å². The second-order valence-electron chi connectivity index (χ2n) is 8.31. The van der Waals surface area contributed by atoms with Crippen molar-refractivity contribution in [3.8, 4) is 11.5 Å². The summed E-state index contributed by atoms with van der Waals surface area (Å²) in [4.78, 5) is 13.0. The van der Waals surface area contributed by atoms with Crippen LogP contribution in [0.25, 0.3) is 0 Å². The standard InChI is InChI=1S/C28H25ClN2O4S/c1-20-8-10-21(11-9-20)19-31(36(2,33)34)24-15-12-22(13-16-24)28(32)30-26-18-23(29)14-17-27(26)35-25-6-4-3-5-7-25/h3-18H,19H2,1-2H3,(H,30,32). The molecule has 1 N–H and O–H groups in total. The first kappa shape index (κ1) is 25.3. The number of para-hydroxylation sites is 1. The third-order valence-electron chi connectivity index (χ3n) is 5.43. The van der Waals surface area contributed by atoms with Crippen LogP contribution in [0, 0.1) is 6.92 Å². The highest BCUT2D eigenvalue weighted by Crippen LogP contribution is 2.32. The van der Waals surface area contributed by atoms with Crippen molar-refractivity contribution in [2.75, 3.05) is 15.9 Å². The number of carbonyl (C=O) groups excluding carboxylic acids is 1. The largest absolute Gasteiger partial charge is 0.455 e. The molecule has 0 heterocycles. The van der Waals surface area contributed by atoms with E-state index in [4.69, 9.17) is 16.3 Å². The third-order valence-corrected chi connectivity index (χ3v) is 6.80. The summed E-state index contributed by atoms with van der Waals surface area (Å²) in [7, 11) is -3.55. The van der Waals surface area contributed by atoms with E-state index in [-0.39, 0.29) is 12.5 Å². The van der Waals surface area contributed by atoms with Gasteiger partial charge in [-0.15, -0.1) is 0 Å². The maximum Gasteiger partial charge on any atom is 0.255 e. The molecule has 4 aromatic rings. The molecule has 0 aliphatic carbocycles. The first-order chi connectivity index (χ1) is 17.2. The van der Waals surface area contributed by atoms with Crippen molar-refractivity contribution in [1.82, 2.24) is 0 Å². The molecule has 0 aliphatic heterocycles. The second-order valence-corrected chi connectivity index (χ2v) is 10.7. The van der Waals surface area contributed by atoms with Crippen molar-refractivity contribution in [2.45, 2.75) is 13.5 Å². The zero-order valence-electron chi connectivity index (χ0n) is 19.8. The van der Waals surface area contributed by atoms with Gasteiger partial charge in [-0.05, 0) is 67.1 Å². The zero-order valence-corrected chi connectivity index (χ0v) is 21.4. The predicted molar refractivity (Wildman–Crippen MR) is 145 cm³/mol. The van der Waals surface area contributed by atoms with E-state index in [1.165, 1.54) is 4.31 Å². The number of amides is 1. The number of hydrogen-bond acceptors (Lipinski definition) is 4. The quantitative estimate of drug-likeness (QED) is 0.282. The van der Waals surface area contributed by atoms with E-state index in [2.05, 4.69) is 5.32 Å². The number of sulfonamides is 1. The minimum Gasteiger partial charge on any atom is -0.455 e. The molecular weight excluding hydrogens is 496 g/mol. The Morgan fingerprint density at radius 2 is 1.58 bits per heavy atom. The van der Waals surface area contributed by atoms with E-state index in [9.17, 15) is 13.2 Å². The summed E-state index contributed by atoms with van der Waals surface area (Å²) < 4.78 is 32.2. The van der Waals surface area contributed by atoms with Crippen LogP contribution < -0.4 is 14.4 Å². The highest BCUT2D eigenvalue weighted by molar-refractivity contribution is 7.92. The van der Waals surface area contributed by atoms with Gasteiger partial charge in [0.1, 0.15) is 5.75 Å². The van der Waals surface area contributed by atoms with Crippen molar-refractivity contribution in [3.63, 3.8) is 0 Å². The smallest absolute Gasteiger partial charge is 0.255 e. The molecule has 0 aromatic heterocycles. The minimum atomic E-state index is -3.55. The number of nitrogens with one attached hydrogen (secondary N) is 1. The number of nitrogens with zero attached hydrogens (tertiary/aromatic N) is 1. The summed E-state index contributed by atoms with van der Waals surface area (Å²) in [6.07, 6.45) is 1.16. The lowest BCUT2D eigenvalue weighted by Gasteiger charge is -2.23. The Hall–Kier alpha value is -3.81. The predicted octanol–water partition coefficient (Wildman–Crippen LogP) is 6.66. The molecule has 6 nitrogen and oxygen atoms in total. The van der Waals surface area contributed by atoms with E-state index in [1.807, 2.05) is 61.5 Å². The topological polar surface area (TPSA) is 75.7 Å². The van der Waals surface area contributed by atoms with Gasteiger partial charge < -0.3 is 10.1 Å². The van der Waals surface area contributed by atoms with E-state index in [1.54, 1.807) is 42.5 Å². The van der Waals surface area contributed by atoms with Crippen molar-refractivity contribution in [2.24, 2.45) is 0 Å². The fourth-order valence-corrected chi connectivity index (χ4v) is 4.60. The molecule has 0 saturated carbocycles. The molecule has 184 valence electrons. The maximum absolute atomic E-state index is 13.0. The number of hydrogen-bond donors (Lipinski definition) is 1. The summed E-state index contributed by atoms with van der Waals surface area (Å²) >= 11 is 6.15. The molecule has 0 bridgehead atoms. The van der Waals surface area contributed by atoms with Gasteiger partial charge in [-0.25, -0.2) is 8.42 Å². The summed E-state index contributed by atoms with van der Waals surface area (Å²) in [5.74, 6) is 0.678. The first-order valence-corrected chi connectivity index (χ1v) is 13.4. The van der Waals surface area contributed by atoms with Gasteiger partial charge in [-0.1, -0.05) is 59.6 Å². The Kier molecular flexibility index (Phi) is 7.62. The highest BCUT2D eigenvalue weighted by atomic mass is 35.5. The number of anilines is 2. The molecule has 0 saturated heterocycles. The Bertz CT molecular complexity index is 1460. The molecular formula is C28H25ClN2O4S. The van der Waals surface area contributed by atoms with E-state index in [0.717, 1.165) is 17.4 Å². The molecule has 0 aliphatic rings. The maximum atomic E-state index is 13.0. The van der Waals surface area contributed by atoms with Gasteiger partial charge in [-0.2, -0.15) is 0 Å². The Morgan fingerprint density at radius 1 is 0.917 bits per heavy atom. The summed E-state index contributed by atoms with van der Waals surface area (Å²) in [6.45, 7) is 2.16. The van der Waals surface area contributed by atoms with E-state index >= 15 is 0 Å². The normalized spacial score (nSPS) is 11.1. The summed E-state index contributed by atoms with van der Waals surface area (Å²) in [6, 6.07) is 28.2. The third kappa shape index (κ3) is 6.44. The number of rotatable bonds is 8. The average Bonchev–Trinajstić information content (AvgIpc) is 2.85. The number of halogens is 1. The van der Waals surface area contributed by atoms with Crippen molar-refractivity contribution < 1.29 is 17.9 Å². The second kappa shape index (κ2) is 10.8. The number of benzene rings is 4. The number of carbonyl (C=O) groups is 1. The summed E-state index contributed by atoms with van der Waals surface area (Å²) in [5, 5.41) is 3.28. The monoisotopic (exact) mass is 520 g/mol.